The molecule has 0 bridgehead atoms. The third kappa shape index (κ3) is 3.25. The van der Waals surface area contributed by atoms with Crippen LogP contribution in [0, 0.1) is 11.8 Å². The fourth-order valence-corrected chi connectivity index (χ4v) is 3.76. The Hall–Kier alpha value is -0.830. The Morgan fingerprint density at radius 2 is 2.00 bits per heavy atom. The zero-order valence-electron chi connectivity index (χ0n) is 13.0. The number of rotatable bonds is 6. The van der Waals surface area contributed by atoms with E-state index in [1.807, 2.05) is 0 Å². The lowest BCUT2D eigenvalue weighted by molar-refractivity contribution is 0.323. The van der Waals surface area contributed by atoms with E-state index in [0.29, 0.717) is 12.1 Å². The monoisotopic (exact) mass is 275 g/mol. The summed E-state index contributed by atoms with van der Waals surface area (Å²) in [5.74, 6) is 1.73. The maximum absolute atomic E-state index is 4.86. The number of hydrogen-bond acceptors (Lipinski definition) is 2. The summed E-state index contributed by atoms with van der Waals surface area (Å²) in [6.07, 6.45) is 12.9. The minimum atomic E-state index is 0.581. The van der Waals surface area contributed by atoms with Crippen LogP contribution >= 0.6 is 0 Å². The minimum absolute atomic E-state index is 0.581. The Morgan fingerprint density at radius 1 is 1.25 bits per heavy atom. The van der Waals surface area contributed by atoms with Gasteiger partial charge in [0.15, 0.2) is 0 Å². The zero-order chi connectivity index (χ0) is 13.9. The van der Waals surface area contributed by atoms with Gasteiger partial charge in [0.1, 0.15) is 0 Å². The van der Waals surface area contributed by atoms with Crippen LogP contribution in [0.1, 0.15) is 63.6 Å². The van der Waals surface area contributed by atoms with Crippen molar-refractivity contribution in [1.29, 1.82) is 0 Å². The van der Waals surface area contributed by atoms with Gasteiger partial charge in [0.25, 0.3) is 0 Å². The van der Waals surface area contributed by atoms with Crippen molar-refractivity contribution in [2.75, 3.05) is 7.05 Å². The van der Waals surface area contributed by atoms with Gasteiger partial charge in [-0.3, -0.25) is 4.68 Å². The first-order valence-electron chi connectivity index (χ1n) is 8.49. The number of nitrogens with zero attached hydrogens (tertiary/aromatic N) is 2. The van der Waals surface area contributed by atoms with Crippen molar-refractivity contribution in [2.45, 2.75) is 70.4 Å². The molecule has 2 saturated carbocycles. The molecule has 0 aliphatic heterocycles. The lowest BCUT2D eigenvalue weighted by Gasteiger charge is -2.23. The van der Waals surface area contributed by atoms with Crippen molar-refractivity contribution in [3.63, 3.8) is 0 Å². The van der Waals surface area contributed by atoms with Crippen LogP contribution in [0.4, 0.5) is 0 Å². The Kier molecular flexibility index (Phi) is 4.45. The van der Waals surface area contributed by atoms with Gasteiger partial charge in [0, 0.05) is 18.7 Å². The van der Waals surface area contributed by atoms with Gasteiger partial charge in [-0.1, -0.05) is 26.2 Å². The zero-order valence-corrected chi connectivity index (χ0v) is 13.0. The predicted molar refractivity (Wildman–Crippen MR) is 82.8 cm³/mol. The lowest BCUT2D eigenvalue weighted by Crippen LogP contribution is -2.35. The van der Waals surface area contributed by atoms with Gasteiger partial charge in [-0.2, -0.15) is 5.10 Å². The van der Waals surface area contributed by atoms with Crippen LogP contribution in [0.15, 0.2) is 12.3 Å². The molecule has 0 spiro atoms. The van der Waals surface area contributed by atoms with Gasteiger partial charge in [0.05, 0.1) is 11.7 Å². The van der Waals surface area contributed by atoms with Crippen LogP contribution in [-0.2, 0) is 6.42 Å². The van der Waals surface area contributed by atoms with E-state index < -0.39 is 0 Å². The normalized spacial score (nSPS) is 23.7. The summed E-state index contributed by atoms with van der Waals surface area (Å²) in [6.45, 7) is 2.40. The number of nitrogens with one attached hydrogen (secondary N) is 1. The molecule has 2 atom stereocenters. The third-order valence-corrected chi connectivity index (χ3v) is 5.41. The van der Waals surface area contributed by atoms with Crippen LogP contribution in [0.25, 0.3) is 0 Å². The summed E-state index contributed by atoms with van der Waals surface area (Å²) in [5, 5.41) is 8.37. The first-order valence-corrected chi connectivity index (χ1v) is 8.49. The summed E-state index contributed by atoms with van der Waals surface area (Å²) in [4.78, 5) is 0. The molecule has 2 aliphatic carbocycles. The molecule has 0 aromatic carbocycles. The summed E-state index contributed by atoms with van der Waals surface area (Å²) in [7, 11) is 2.10. The average molecular weight is 275 g/mol. The second-order valence-electron chi connectivity index (χ2n) is 6.87. The molecule has 3 rings (SSSR count). The molecule has 0 amide bonds. The van der Waals surface area contributed by atoms with Crippen molar-refractivity contribution in [2.24, 2.45) is 11.8 Å². The van der Waals surface area contributed by atoms with E-state index in [4.69, 9.17) is 5.10 Å². The minimum Gasteiger partial charge on any atom is -0.316 e. The molecule has 2 fully saturated rings. The van der Waals surface area contributed by atoms with Crippen LogP contribution in [0.3, 0.4) is 0 Å². The van der Waals surface area contributed by atoms with E-state index >= 15 is 0 Å². The molecule has 2 aliphatic rings. The Bertz CT molecular complexity index is 416. The Balaban J connectivity index is 1.60. The van der Waals surface area contributed by atoms with Crippen molar-refractivity contribution >= 4 is 0 Å². The second kappa shape index (κ2) is 6.30. The van der Waals surface area contributed by atoms with Crippen molar-refractivity contribution in [3.05, 3.63) is 18.0 Å². The maximum Gasteiger partial charge on any atom is 0.0640 e. The van der Waals surface area contributed by atoms with Crippen LogP contribution in [0.2, 0.25) is 0 Å². The molecule has 3 heteroatoms. The molecule has 112 valence electrons. The van der Waals surface area contributed by atoms with Crippen molar-refractivity contribution in [1.82, 2.24) is 15.1 Å². The molecule has 0 radical (unpaired) electrons. The topological polar surface area (TPSA) is 29.9 Å². The molecule has 2 unspecified atom stereocenters. The SMILES string of the molecule is CNC(Cc1ccn(C2CCCCC2)n1)C(C)C1CC1. The van der Waals surface area contributed by atoms with E-state index in [2.05, 4.69) is 36.2 Å². The van der Waals surface area contributed by atoms with Crippen LogP contribution in [0.5, 0.6) is 0 Å². The van der Waals surface area contributed by atoms with Gasteiger partial charge < -0.3 is 5.32 Å². The lowest BCUT2D eigenvalue weighted by atomic mass is 9.93. The average Bonchev–Trinajstić information content (AvgIpc) is 3.24. The van der Waals surface area contributed by atoms with E-state index in [9.17, 15) is 0 Å². The summed E-state index contributed by atoms with van der Waals surface area (Å²) >= 11 is 0. The predicted octanol–water partition coefficient (Wildman–Crippen LogP) is 3.56. The van der Waals surface area contributed by atoms with E-state index in [0.717, 1.165) is 18.3 Å². The van der Waals surface area contributed by atoms with Gasteiger partial charge in [-0.15, -0.1) is 0 Å². The Labute approximate surface area is 123 Å². The number of likely N-dealkylation sites (N-methyl/N-ethyl adjacent to an activating group) is 1. The van der Waals surface area contributed by atoms with Gasteiger partial charge in [-0.05, 0) is 50.6 Å². The largest absolute Gasteiger partial charge is 0.316 e. The first-order chi connectivity index (χ1) is 9.78. The molecule has 1 aromatic rings. The molecular weight excluding hydrogens is 246 g/mol. The molecule has 0 saturated heterocycles. The highest BCUT2D eigenvalue weighted by atomic mass is 15.3. The second-order valence-corrected chi connectivity index (χ2v) is 6.87. The van der Waals surface area contributed by atoms with Crippen LogP contribution < -0.4 is 5.32 Å². The maximum atomic E-state index is 4.86. The van der Waals surface area contributed by atoms with Crippen molar-refractivity contribution in [3.8, 4) is 0 Å². The van der Waals surface area contributed by atoms with Crippen molar-refractivity contribution < 1.29 is 0 Å². The summed E-state index contributed by atoms with van der Waals surface area (Å²) in [5.41, 5.74) is 1.27. The molecule has 1 aromatic heterocycles. The molecule has 20 heavy (non-hydrogen) atoms. The number of aromatic nitrogens is 2. The Morgan fingerprint density at radius 3 is 2.65 bits per heavy atom. The quantitative estimate of drug-likeness (QED) is 0.860. The van der Waals surface area contributed by atoms with E-state index in [1.165, 1.54) is 50.6 Å². The highest BCUT2D eigenvalue weighted by molar-refractivity contribution is 5.04. The van der Waals surface area contributed by atoms with Gasteiger partial charge in [-0.25, -0.2) is 0 Å². The van der Waals surface area contributed by atoms with E-state index in [1.54, 1.807) is 0 Å². The summed E-state index contributed by atoms with van der Waals surface area (Å²) < 4.78 is 2.24. The summed E-state index contributed by atoms with van der Waals surface area (Å²) in [6, 6.07) is 3.47. The van der Waals surface area contributed by atoms with Gasteiger partial charge >= 0.3 is 0 Å². The van der Waals surface area contributed by atoms with Gasteiger partial charge in [0.2, 0.25) is 0 Å². The molecule has 3 nitrogen and oxygen atoms in total. The number of hydrogen-bond donors (Lipinski definition) is 1. The highest BCUT2D eigenvalue weighted by Gasteiger charge is 2.33. The fraction of sp³-hybridized carbons (Fsp3) is 0.824. The van der Waals surface area contributed by atoms with Crippen LogP contribution in [-0.4, -0.2) is 22.9 Å². The third-order valence-electron chi connectivity index (χ3n) is 5.41. The first kappa shape index (κ1) is 14.1. The molecule has 1 N–H and O–H groups in total. The molecule has 1 heterocycles. The molecular formula is C17H29N3. The smallest absolute Gasteiger partial charge is 0.0640 e. The highest BCUT2D eigenvalue weighted by Crippen LogP contribution is 2.38. The standard InChI is InChI=1S/C17H29N3/c1-13(14-8-9-14)17(18-2)12-15-10-11-20(19-15)16-6-4-3-5-7-16/h10-11,13-14,16-18H,3-9,12H2,1-2H3. The fourth-order valence-electron chi connectivity index (χ4n) is 3.76. The van der Waals surface area contributed by atoms with E-state index in [-0.39, 0.29) is 0 Å².